The van der Waals surface area contributed by atoms with Gasteiger partial charge in [0.1, 0.15) is 22.6 Å². The zero-order chi connectivity index (χ0) is 25.2. The number of fused-ring (bicyclic) bond motifs is 2. The summed E-state index contributed by atoms with van der Waals surface area (Å²) in [6.45, 7) is 2.38. The van der Waals surface area contributed by atoms with E-state index >= 15 is 0 Å². The molecule has 180 valence electrons. The number of aryl methyl sites for hydroxylation is 1. The molecule has 0 bridgehead atoms. The molecule has 0 unspecified atom stereocenters. The number of nitrogens with one attached hydrogen (secondary N) is 2. The minimum Gasteiger partial charge on any atom is -0.352 e. The van der Waals surface area contributed by atoms with E-state index in [2.05, 4.69) is 5.32 Å². The minimum absolute atomic E-state index is 0.0733. The van der Waals surface area contributed by atoms with E-state index in [-0.39, 0.29) is 34.4 Å². The summed E-state index contributed by atoms with van der Waals surface area (Å²) in [4.78, 5) is 31.3. The Morgan fingerprint density at radius 2 is 1.75 bits per heavy atom. The average Bonchev–Trinajstić information content (AvgIpc) is 2.88. The number of carbonyl (C=O) groups excluding carboxylic acids is 1. The molecular formula is C28H24FN5O2. The minimum atomic E-state index is -0.445. The second-order valence-electron chi connectivity index (χ2n) is 8.65. The van der Waals surface area contributed by atoms with E-state index in [4.69, 9.17) is 10.4 Å². The van der Waals surface area contributed by atoms with Crippen molar-refractivity contribution in [2.75, 3.05) is 6.54 Å². The van der Waals surface area contributed by atoms with Crippen molar-refractivity contribution in [3.8, 4) is 0 Å². The molecular weight excluding hydrogens is 457 g/mol. The Morgan fingerprint density at radius 3 is 2.50 bits per heavy atom. The molecule has 7 nitrogen and oxygen atoms in total. The van der Waals surface area contributed by atoms with Gasteiger partial charge in [0.15, 0.2) is 0 Å². The topological polar surface area (TPSA) is 92.3 Å². The van der Waals surface area contributed by atoms with E-state index in [9.17, 15) is 14.0 Å². The molecule has 0 radical (unpaired) electrons. The standard InChI is InChI=1S/C28H24FN5O2/c1-18-6-5-15-33-25(18)32-26-23(28(33)36)16-22(27(35)31-14-13-19-7-3-2-4-8-19)24(30)34(26)17-20-9-11-21(29)12-10-20/h2-12,15-16,30H,13-14,17H2,1H3,(H,31,35). The van der Waals surface area contributed by atoms with Gasteiger partial charge in [0.25, 0.3) is 11.5 Å². The Morgan fingerprint density at radius 1 is 1.00 bits per heavy atom. The van der Waals surface area contributed by atoms with E-state index in [1.807, 2.05) is 43.3 Å². The molecule has 5 rings (SSSR count). The molecule has 0 fully saturated rings. The molecule has 5 aromatic rings. The molecule has 0 aliphatic heterocycles. The number of halogens is 1. The van der Waals surface area contributed by atoms with Crippen molar-refractivity contribution in [2.45, 2.75) is 19.9 Å². The van der Waals surface area contributed by atoms with Gasteiger partial charge in [-0.2, -0.15) is 0 Å². The molecule has 3 heterocycles. The number of aromatic nitrogens is 3. The van der Waals surface area contributed by atoms with Gasteiger partial charge in [-0.25, -0.2) is 9.37 Å². The van der Waals surface area contributed by atoms with Crippen LogP contribution in [-0.4, -0.2) is 26.4 Å². The monoisotopic (exact) mass is 481 g/mol. The first-order valence-corrected chi connectivity index (χ1v) is 11.6. The summed E-state index contributed by atoms with van der Waals surface area (Å²) in [5.41, 5.74) is 3.04. The van der Waals surface area contributed by atoms with Crippen LogP contribution in [0.1, 0.15) is 27.0 Å². The van der Waals surface area contributed by atoms with Crippen molar-refractivity contribution < 1.29 is 9.18 Å². The highest BCUT2D eigenvalue weighted by molar-refractivity contribution is 5.96. The third-order valence-corrected chi connectivity index (χ3v) is 6.17. The molecule has 0 aliphatic carbocycles. The molecule has 0 saturated heterocycles. The SMILES string of the molecule is Cc1cccn2c(=O)c3cc(C(=O)NCCc4ccccc4)c(=N)n(Cc4ccc(F)cc4)c3nc12. The number of hydrogen-bond donors (Lipinski definition) is 2. The Balaban J connectivity index is 1.62. The zero-order valence-corrected chi connectivity index (χ0v) is 19.7. The van der Waals surface area contributed by atoms with Crippen molar-refractivity contribution in [1.82, 2.24) is 19.3 Å². The summed E-state index contributed by atoms with van der Waals surface area (Å²) < 4.78 is 16.5. The van der Waals surface area contributed by atoms with Gasteiger partial charge in [0.2, 0.25) is 0 Å². The third-order valence-electron chi connectivity index (χ3n) is 6.17. The largest absolute Gasteiger partial charge is 0.352 e. The first kappa shape index (κ1) is 23.2. The molecule has 2 N–H and O–H groups in total. The van der Waals surface area contributed by atoms with E-state index in [0.717, 1.165) is 11.1 Å². The Hall–Kier alpha value is -4.59. The molecule has 3 aromatic heterocycles. The summed E-state index contributed by atoms with van der Waals surface area (Å²) >= 11 is 0. The van der Waals surface area contributed by atoms with Crippen LogP contribution in [0.25, 0.3) is 16.7 Å². The van der Waals surface area contributed by atoms with Gasteiger partial charge in [-0.1, -0.05) is 48.5 Å². The van der Waals surface area contributed by atoms with Crippen molar-refractivity contribution >= 4 is 22.6 Å². The summed E-state index contributed by atoms with van der Waals surface area (Å²) in [6, 6.07) is 20.7. The predicted octanol–water partition coefficient (Wildman–Crippen LogP) is 3.60. The van der Waals surface area contributed by atoms with Crippen LogP contribution in [0.3, 0.4) is 0 Å². The van der Waals surface area contributed by atoms with E-state index in [0.29, 0.717) is 29.8 Å². The van der Waals surface area contributed by atoms with Gasteiger partial charge >= 0.3 is 0 Å². The third kappa shape index (κ3) is 4.40. The van der Waals surface area contributed by atoms with Gasteiger partial charge in [-0.3, -0.25) is 19.4 Å². The molecule has 0 saturated carbocycles. The second-order valence-corrected chi connectivity index (χ2v) is 8.65. The fourth-order valence-electron chi connectivity index (χ4n) is 4.26. The van der Waals surface area contributed by atoms with Crippen molar-refractivity contribution in [2.24, 2.45) is 0 Å². The summed E-state index contributed by atoms with van der Waals surface area (Å²) in [7, 11) is 0. The Labute approximate surface area is 206 Å². The number of pyridine rings is 2. The van der Waals surface area contributed by atoms with Gasteiger partial charge in [0, 0.05) is 12.7 Å². The number of amides is 1. The van der Waals surface area contributed by atoms with Crippen LogP contribution in [0, 0.1) is 18.2 Å². The van der Waals surface area contributed by atoms with Crippen molar-refractivity contribution in [1.29, 1.82) is 5.41 Å². The zero-order valence-electron chi connectivity index (χ0n) is 19.7. The van der Waals surface area contributed by atoms with Crippen LogP contribution in [0.5, 0.6) is 0 Å². The summed E-state index contributed by atoms with van der Waals surface area (Å²) in [5.74, 6) is -0.816. The van der Waals surface area contributed by atoms with E-state index in [1.54, 1.807) is 24.4 Å². The Bertz CT molecular complexity index is 1710. The van der Waals surface area contributed by atoms with Crippen LogP contribution in [0.4, 0.5) is 4.39 Å². The van der Waals surface area contributed by atoms with E-state index in [1.165, 1.54) is 27.2 Å². The number of rotatable bonds is 6. The summed E-state index contributed by atoms with van der Waals surface area (Å²) in [6.07, 6.45) is 2.27. The smallest absolute Gasteiger partial charge is 0.267 e. The first-order valence-electron chi connectivity index (χ1n) is 11.6. The number of nitrogens with zero attached hydrogens (tertiary/aromatic N) is 3. The molecule has 0 atom stereocenters. The molecule has 1 amide bonds. The number of carbonyl (C=O) groups is 1. The fourth-order valence-corrected chi connectivity index (χ4v) is 4.26. The predicted molar refractivity (Wildman–Crippen MR) is 136 cm³/mol. The van der Waals surface area contributed by atoms with E-state index < -0.39 is 5.91 Å². The fraction of sp³-hybridized carbons (Fsp3) is 0.143. The lowest BCUT2D eigenvalue weighted by molar-refractivity contribution is 0.0951. The van der Waals surface area contributed by atoms with Crippen LogP contribution < -0.4 is 16.4 Å². The van der Waals surface area contributed by atoms with Gasteiger partial charge in [-0.05, 0) is 54.3 Å². The van der Waals surface area contributed by atoms with Crippen molar-refractivity contribution in [3.05, 3.63) is 123 Å². The second kappa shape index (κ2) is 9.58. The van der Waals surface area contributed by atoms with Gasteiger partial charge in [-0.15, -0.1) is 0 Å². The highest BCUT2D eigenvalue weighted by Crippen LogP contribution is 2.15. The maximum Gasteiger partial charge on any atom is 0.267 e. The van der Waals surface area contributed by atoms with Crippen LogP contribution >= 0.6 is 0 Å². The normalized spacial score (nSPS) is 11.2. The highest BCUT2D eigenvalue weighted by Gasteiger charge is 2.18. The molecule has 8 heteroatoms. The average molecular weight is 482 g/mol. The van der Waals surface area contributed by atoms with Gasteiger partial charge < -0.3 is 9.88 Å². The quantitative estimate of drug-likeness (QED) is 0.363. The van der Waals surface area contributed by atoms with Crippen molar-refractivity contribution in [3.63, 3.8) is 0 Å². The first-order chi connectivity index (χ1) is 17.4. The van der Waals surface area contributed by atoms with Crippen LogP contribution in [0.2, 0.25) is 0 Å². The molecule has 2 aromatic carbocycles. The number of hydrogen-bond acceptors (Lipinski definition) is 4. The maximum atomic E-state index is 13.5. The lowest BCUT2D eigenvalue weighted by Crippen LogP contribution is -2.36. The maximum absolute atomic E-state index is 13.5. The van der Waals surface area contributed by atoms with Crippen LogP contribution in [0.15, 0.2) is 83.8 Å². The summed E-state index contributed by atoms with van der Waals surface area (Å²) in [5, 5.41) is 12.0. The molecule has 0 spiro atoms. The molecule has 36 heavy (non-hydrogen) atoms. The highest BCUT2D eigenvalue weighted by atomic mass is 19.1. The molecule has 0 aliphatic rings. The lowest BCUT2D eigenvalue weighted by Gasteiger charge is -2.15. The van der Waals surface area contributed by atoms with Gasteiger partial charge in [0.05, 0.1) is 17.5 Å². The van der Waals surface area contributed by atoms with Crippen LogP contribution in [-0.2, 0) is 13.0 Å². The Kier molecular flexibility index (Phi) is 6.16. The lowest BCUT2D eigenvalue weighted by atomic mass is 10.1. The number of benzene rings is 2.